The first-order valence-electron chi connectivity index (χ1n) is 6.57. The van der Waals surface area contributed by atoms with Gasteiger partial charge in [0.25, 0.3) is 5.91 Å². The Hall–Kier alpha value is -2.15. The summed E-state index contributed by atoms with van der Waals surface area (Å²) in [5, 5.41) is 15.5. The average Bonchev–Trinajstić information content (AvgIpc) is 2.47. The SMILES string of the molecule is CCNC(=O)C1CNCCN1C(=O)c1ccncc1O. The van der Waals surface area contributed by atoms with Gasteiger partial charge in [-0.3, -0.25) is 14.6 Å². The lowest BCUT2D eigenvalue weighted by molar-refractivity contribution is -0.126. The van der Waals surface area contributed by atoms with Crippen molar-refractivity contribution in [3.63, 3.8) is 0 Å². The van der Waals surface area contributed by atoms with E-state index in [0.717, 1.165) is 0 Å². The fourth-order valence-corrected chi connectivity index (χ4v) is 2.20. The molecule has 108 valence electrons. The van der Waals surface area contributed by atoms with Gasteiger partial charge in [0.05, 0.1) is 11.8 Å². The molecule has 0 aromatic carbocycles. The molecule has 7 heteroatoms. The summed E-state index contributed by atoms with van der Waals surface area (Å²) in [4.78, 5) is 29.7. The summed E-state index contributed by atoms with van der Waals surface area (Å²) in [7, 11) is 0. The van der Waals surface area contributed by atoms with Crippen LogP contribution in [0.5, 0.6) is 5.75 Å². The second kappa shape index (κ2) is 6.33. The van der Waals surface area contributed by atoms with E-state index in [1.54, 1.807) is 0 Å². The van der Waals surface area contributed by atoms with Crippen molar-refractivity contribution in [2.45, 2.75) is 13.0 Å². The van der Waals surface area contributed by atoms with Crippen molar-refractivity contribution in [2.24, 2.45) is 0 Å². The summed E-state index contributed by atoms with van der Waals surface area (Å²) in [6, 6.07) is 0.887. The molecule has 0 aliphatic carbocycles. The Morgan fingerprint density at radius 1 is 1.60 bits per heavy atom. The van der Waals surface area contributed by atoms with E-state index in [4.69, 9.17) is 0 Å². The van der Waals surface area contributed by atoms with E-state index in [0.29, 0.717) is 26.2 Å². The van der Waals surface area contributed by atoms with E-state index < -0.39 is 6.04 Å². The highest BCUT2D eigenvalue weighted by Gasteiger charge is 2.33. The molecule has 0 bridgehead atoms. The number of piperazine rings is 1. The third-order valence-corrected chi connectivity index (χ3v) is 3.19. The molecule has 1 aromatic rings. The Bertz CT molecular complexity index is 506. The normalized spacial score (nSPS) is 18.6. The van der Waals surface area contributed by atoms with Gasteiger partial charge in [-0.15, -0.1) is 0 Å². The Balaban J connectivity index is 2.22. The fourth-order valence-electron chi connectivity index (χ4n) is 2.20. The molecule has 0 spiro atoms. The first kappa shape index (κ1) is 14.3. The molecule has 1 aliphatic rings. The molecule has 2 heterocycles. The van der Waals surface area contributed by atoms with Gasteiger partial charge in [-0.2, -0.15) is 0 Å². The van der Waals surface area contributed by atoms with E-state index in [1.807, 2.05) is 6.92 Å². The van der Waals surface area contributed by atoms with E-state index in [-0.39, 0.29) is 23.1 Å². The molecule has 20 heavy (non-hydrogen) atoms. The zero-order valence-corrected chi connectivity index (χ0v) is 11.3. The molecule has 0 saturated carbocycles. The monoisotopic (exact) mass is 278 g/mol. The van der Waals surface area contributed by atoms with Crippen molar-refractivity contribution >= 4 is 11.8 Å². The highest BCUT2D eigenvalue weighted by Crippen LogP contribution is 2.18. The maximum atomic E-state index is 12.5. The number of carbonyl (C=O) groups excluding carboxylic acids is 2. The van der Waals surface area contributed by atoms with Crippen LogP contribution in [-0.2, 0) is 4.79 Å². The van der Waals surface area contributed by atoms with Crippen molar-refractivity contribution in [3.8, 4) is 5.75 Å². The first-order valence-corrected chi connectivity index (χ1v) is 6.57. The number of amides is 2. The fraction of sp³-hybridized carbons (Fsp3) is 0.462. The number of aromatic hydroxyl groups is 1. The Morgan fingerprint density at radius 3 is 3.10 bits per heavy atom. The van der Waals surface area contributed by atoms with E-state index in [1.165, 1.54) is 23.4 Å². The predicted molar refractivity (Wildman–Crippen MR) is 72.3 cm³/mol. The molecule has 0 radical (unpaired) electrons. The summed E-state index contributed by atoms with van der Waals surface area (Å²) >= 11 is 0. The van der Waals surface area contributed by atoms with Crippen LogP contribution >= 0.6 is 0 Å². The molecule has 2 amide bonds. The van der Waals surface area contributed by atoms with Crippen molar-refractivity contribution in [1.82, 2.24) is 20.5 Å². The number of aromatic nitrogens is 1. The highest BCUT2D eigenvalue weighted by atomic mass is 16.3. The zero-order valence-electron chi connectivity index (χ0n) is 11.3. The van der Waals surface area contributed by atoms with Gasteiger partial charge in [0.2, 0.25) is 5.91 Å². The van der Waals surface area contributed by atoms with Gasteiger partial charge in [-0.1, -0.05) is 0 Å². The average molecular weight is 278 g/mol. The zero-order chi connectivity index (χ0) is 14.5. The predicted octanol–water partition coefficient (Wildman–Crippen LogP) is -0.663. The molecular weight excluding hydrogens is 260 g/mol. The molecule has 2 rings (SSSR count). The third-order valence-electron chi connectivity index (χ3n) is 3.19. The lowest BCUT2D eigenvalue weighted by Crippen LogP contribution is -2.59. The first-order chi connectivity index (χ1) is 9.65. The standard InChI is InChI=1S/C13H18N4O3/c1-2-16-12(19)10-7-15-5-6-17(10)13(20)9-3-4-14-8-11(9)18/h3-4,8,10,15,18H,2,5-7H2,1H3,(H,16,19). The molecule has 1 aliphatic heterocycles. The second-order valence-electron chi connectivity index (χ2n) is 4.51. The van der Waals surface area contributed by atoms with Gasteiger partial charge >= 0.3 is 0 Å². The van der Waals surface area contributed by atoms with Gasteiger partial charge in [0, 0.05) is 32.4 Å². The molecule has 1 aromatic heterocycles. The number of pyridine rings is 1. The van der Waals surface area contributed by atoms with Crippen LogP contribution in [0.2, 0.25) is 0 Å². The number of likely N-dealkylation sites (N-methyl/N-ethyl adjacent to an activating group) is 1. The lowest BCUT2D eigenvalue weighted by atomic mass is 10.1. The Labute approximate surface area is 117 Å². The van der Waals surface area contributed by atoms with E-state index in [2.05, 4.69) is 15.6 Å². The van der Waals surface area contributed by atoms with Crippen molar-refractivity contribution < 1.29 is 14.7 Å². The smallest absolute Gasteiger partial charge is 0.258 e. The summed E-state index contributed by atoms with van der Waals surface area (Å²) < 4.78 is 0. The van der Waals surface area contributed by atoms with E-state index in [9.17, 15) is 14.7 Å². The minimum atomic E-state index is -0.566. The largest absolute Gasteiger partial charge is 0.505 e. The molecular formula is C13H18N4O3. The molecule has 1 unspecified atom stereocenters. The van der Waals surface area contributed by atoms with Crippen LogP contribution in [0.4, 0.5) is 0 Å². The van der Waals surface area contributed by atoms with Gasteiger partial charge in [0.15, 0.2) is 0 Å². The van der Waals surface area contributed by atoms with Gasteiger partial charge in [-0.25, -0.2) is 0 Å². The summed E-state index contributed by atoms with van der Waals surface area (Å²) in [5.74, 6) is -0.727. The molecule has 7 nitrogen and oxygen atoms in total. The molecule has 1 fully saturated rings. The van der Waals surface area contributed by atoms with Crippen LogP contribution in [0, 0.1) is 0 Å². The number of rotatable bonds is 3. The maximum absolute atomic E-state index is 12.5. The summed E-state index contributed by atoms with van der Waals surface area (Å²) in [5.41, 5.74) is 0.163. The second-order valence-corrected chi connectivity index (χ2v) is 4.51. The third kappa shape index (κ3) is 2.88. The van der Waals surface area contributed by atoms with Crippen LogP contribution in [0.3, 0.4) is 0 Å². The molecule has 1 saturated heterocycles. The van der Waals surface area contributed by atoms with Gasteiger partial charge in [0.1, 0.15) is 11.8 Å². The maximum Gasteiger partial charge on any atom is 0.258 e. The number of hydrogen-bond donors (Lipinski definition) is 3. The minimum absolute atomic E-state index is 0.163. The quantitative estimate of drug-likeness (QED) is 0.682. The van der Waals surface area contributed by atoms with Crippen LogP contribution in [-0.4, -0.2) is 59.0 Å². The van der Waals surface area contributed by atoms with Crippen LogP contribution < -0.4 is 10.6 Å². The van der Waals surface area contributed by atoms with Crippen molar-refractivity contribution in [2.75, 3.05) is 26.2 Å². The molecule has 1 atom stereocenters. The van der Waals surface area contributed by atoms with Crippen molar-refractivity contribution in [1.29, 1.82) is 0 Å². The number of hydrogen-bond acceptors (Lipinski definition) is 5. The number of nitrogens with one attached hydrogen (secondary N) is 2. The minimum Gasteiger partial charge on any atom is -0.505 e. The van der Waals surface area contributed by atoms with E-state index >= 15 is 0 Å². The summed E-state index contributed by atoms with van der Waals surface area (Å²) in [6.07, 6.45) is 2.66. The van der Waals surface area contributed by atoms with Gasteiger partial charge in [-0.05, 0) is 13.0 Å². The Morgan fingerprint density at radius 2 is 2.40 bits per heavy atom. The van der Waals surface area contributed by atoms with Gasteiger partial charge < -0.3 is 20.6 Å². The number of carbonyl (C=O) groups is 2. The Kier molecular flexibility index (Phi) is 4.52. The lowest BCUT2D eigenvalue weighted by Gasteiger charge is -2.35. The van der Waals surface area contributed by atoms with Crippen LogP contribution in [0.25, 0.3) is 0 Å². The van der Waals surface area contributed by atoms with Crippen LogP contribution in [0.15, 0.2) is 18.5 Å². The summed E-state index contributed by atoms with van der Waals surface area (Å²) in [6.45, 7) is 3.78. The topological polar surface area (TPSA) is 94.6 Å². The number of nitrogens with zero attached hydrogens (tertiary/aromatic N) is 2. The molecule has 3 N–H and O–H groups in total. The van der Waals surface area contributed by atoms with Crippen LogP contribution in [0.1, 0.15) is 17.3 Å². The van der Waals surface area contributed by atoms with Crippen molar-refractivity contribution in [3.05, 3.63) is 24.0 Å². The highest BCUT2D eigenvalue weighted by molar-refractivity contribution is 5.99.